The Labute approximate surface area is 94.1 Å². The molecule has 0 bridgehead atoms. The van der Waals surface area contributed by atoms with E-state index in [2.05, 4.69) is 5.32 Å². The molecule has 0 aliphatic carbocycles. The minimum Gasteiger partial charge on any atom is -0.477 e. The van der Waals surface area contributed by atoms with Crippen LogP contribution in [0, 0.1) is 0 Å². The van der Waals surface area contributed by atoms with Crippen molar-refractivity contribution in [3.8, 4) is 0 Å². The fraction of sp³-hybridized carbons (Fsp3) is 0.556. The van der Waals surface area contributed by atoms with Crippen molar-refractivity contribution in [1.82, 2.24) is 5.32 Å². The average Bonchev–Trinajstić information content (AvgIpc) is 2.23. The number of nitrogens with one attached hydrogen (secondary N) is 1. The molecule has 0 aliphatic rings. The molecule has 1 amide bonds. The number of carbonyl (C=O) groups excluding carboxylic acids is 1. The van der Waals surface area contributed by atoms with Crippen LogP contribution >= 0.6 is 7.37 Å². The smallest absolute Gasteiger partial charge is 0.352 e. The SMILES string of the molecule is CCC(=O)N/C(=C\CP(C)(=O)OC)C(=O)O. The van der Waals surface area contributed by atoms with Crippen molar-refractivity contribution >= 4 is 19.2 Å². The molecular weight excluding hydrogens is 233 g/mol. The van der Waals surface area contributed by atoms with Crippen LogP contribution in [0.5, 0.6) is 0 Å². The molecule has 0 fully saturated rings. The van der Waals surface area contributed by atoms with E-state index in [4.69, 9.17) is 9.63 Å². The van der Waals surface area contributed by atoms with Gasteiger partial charge in [-0.25, -0.2) is 4.79 Å². The Morgan fingerprint density at radius 3 is 2.44 bits per heavy atom. The van der Waals surface area contributed by atoms with Crippen LogP contribution < -0.4 is 5.32 Å². The van der Waals surface area contributed by atoms with Crippen molar-refractivity contribution in [2.24, 2.45) is 0 Å². The van der Waals surface area contributed by atoms with Crippen molar-refractivity contribution in [1.29, 1.82) is 0 Å². The van der Waals surface area contributed by atoms with Crippen LogP contribution in [-0.4, -0.2) is 36.9 Å². The number of aliphatic carboxylic acids is 1. The fourth-order valence-corrected chi connectivity index (χ4v) is 1.43. The lowest BCUT2D eigenvalue weighted by atomic mass is 10.3. The largest absolute Gasteiger partial charge is 0.477 e. The number of hydrogen-bond acceptors (Lipinski definition) is 4. The van der Waals surface area contributed by atoms with Crippen molar-refractivity contribution in [2.45, 2.75) is 13.3 Å². The van der Waals surface area contributed by atoms with Gasteiger partial charge in [-0.15, -0.1) is 0 Å². The zero-order valence-corrected chi connectivity index (χ0v) is 10.4. The highest BCUT2D eigenvalue weighted by molar-refractivity contribution is 7.58. The first-order chi connectivity index (χ1) is 7.32. The fourth-order valence-electron chi connectivity index (χ4n) is 0.762. The number of carboxylic acids is 1. The zero-order chi connectivity index (χ0) is 12.8. The summed E-state index contributed by atoms with van der Waals surface area (Å²) in [5.74, 6) is -1.67. The van der Waals surface area contributed by atoms with E-state index in [1.165, 1.54) is 19.9 Å². The van der Waals surface area contributed by atoms with Gasteiger partial charge in [0.25, 0.3) is 0 Å². The summed E-state index contributed by atoms with van der Waals surface area (Å²) in [5.41, 5.74) is -0.272. The highest BCUT2D eigenvalue weighted by Gasteiger charge is 2.15. The lowest BCUT2D eigenvalue weighted by Crippen LogP contribution is -2.26. The maximum absolute atomic E-state index is 11.5. The molecule has 92 valence electrons. The van der Waals surface area contributed by atoms with Crippen molar-refractivity contribution in [3.63, 3.8) is 0 Å². The Morgan fingerprint density at radius 2 is 2.06 bits per heavy atom. The number of hydrogen-bond donors (Lipinski definition) is 2. The Kier molecular flexibility index (Phi) is 6.00. The van der Waals surface area contributed by atoms with E-state index >= 15 is 0 Å². The normalized spacial score (nSPS) is 15.3. The summed E-state index contributed by atoms with van der Waals surface area (Å²) in [7, 11) is -1.52. The summed E-state index contributed by atoms with van der Waals surface area (Å²) in [4.78, 5) is 21.7. The highest BCUT2D eigenvalue weighted by Crippen LogP contribution is 2.41. The van der Waals surface area contributed by atoms with E-state index in [-0.39, 0.29) is 18.3 Å². The molecule has 0 aliphatic heterocycles. The van der Waals surface area contributed by atoms with E-state index in [0.29, 0.717) is 0 Å². The second-order valence-electron chi connectivity index (χ2n) is 3.20. The first kappa shape index (κ1) is 14.9. The molecule has 0 aromatic rings. The molecule has 0 saturated carbocycles. The molecule has 0 aromatic heterocycles. The van der Waals surface area contributed by atoms with E-state index in [9.17, 15) is 14.2 Å². The van der Waals surface area contributed by atoms with Crippen LogP contribution in [0.2, 0.25) is 0 Å². The van der Waals surface area contributed by atoms with Crippen LogP contribution in [0.3, 0.4) is 0 Å². The number of carbonyl (C=O) groups is 2. The summed E-state index contributed by atoms with van der Waals surface area (Å²) < 4.78 is 16.2. The van der Waals surface area contributed by atoms with Crippen LogP contribution in [0.15, 0.2) is 11.8 Å². The van der Waals surface area contributed by atoms with Gasteiger partial charge in [-0.3, -0.25) is 9.36 Å². The van der Waals surface area contributed by atoms with Gasteiger partial charge < -0.3 is 14.9 Å². The second kappa shape index (κ2) is 6.45. The monoisotopic (exact) mass is 249 g/mol. The molecule has 0 rings (SSSR count). The van der Waals surface area contributed by atoms with Gasteiger partial charge in [0.1, 0.15) is 5.70 Å². The predicted octanol–water partition coefficient (Wildman–Crippen LogP) is 1.04. The Morgan fingerprint density at radius 1 is 1.50 bits per heavy atom. The van der Waals surface area contributed by atoms with Crippen molar-refractivity contribution in [2.75, 3.05) is 19.9 Å². The van der Waals surface area contributed by atoms with Gasteiger partial charge in [-0.2, -0.15) is 0 Å². The molecule has 1 unspecified atom stereocenters. The average molecular weight is 249 g/mol. The second-order valence-corrected chi connectivity index (χ2v) is 5.96. The van der Waals surface area contributed by atoms with Crippen LogP contribution in [0.25, 0.3) is 0 Å². The number of allylic oxidation sites excluding steroid dienone is 1. The molecule has 0 spiro atoms. The van der Waals surface area contributed by atoms with E-state index in [1.54, 1.807) is 6.92 Å². The number of rotatable bonds is 6. The lowest BCUT2D eigenvalue weighted by molar-refractivity contribution is -0.134. The minimum atomic E-state index is -2.81. The standard InChI is InChI=1S/C9H16NO5P/c1-4-8(11)10-7(9(12)13)5-6-16(3,14)15-2/h5H,4,6H2,1-3H3,(H,10,11)(H,12,13)/b7-5-. The third kappa shape index (κ3) is 5.68. The van der Waals surface area contributed by atoms with Gasteiger partial charge in [0, 0.05) is 26.4 Å². The van der Waals surface area contributed by atoms with Crippen molar-refractivity contribution < 1.29 is 23.8 Å². The minimum absolute atomic E-state index is 0.0326. The molecule has 0 saturated heterocycles. The maximum Gasteiger partial charge on any atom is 0.352 e. The summed E-state index contributed by atoms with van der Waals surface area (Å²) in [6.07, 6.45) is 1.34. The molecule has 7 heteroatoms. The molecule has 0 radical (unpaired) electrons. The van der Waals surface area contributed by atoms with Crippen LogP contribution in [0.1, 0.15) is 13.3 Å². The molecule has 2 N–H and O–H groups in total. The molecule has 6 nitrogen and oxygen atoms in total. The van der Waals surface area contributed by atoms with Gasteiger partial charge in [0.2, 0.25) is 13.3 Å². The highest BCUT2D eigenvalue weighted by atomic mass is 31.2. The van der Waals surface area contributed by atoms with Crippen LogP contribution in [-0.2, 0) is 18.7 Å². The Hall–Kier alpha value is -1.13. The summed E-state index contributed by atoms with van der Waals surface area (Å²) in [6.45, 7) is 3.00. The molecule has 0 aromatic carbocycles. The van der Waals surface area contributed by atoms with Gasteiger partial charge in [0.15, 0.2) is 0 Å². The zero-order valence-electron chi connectivity index (χ0n) is 9.52. The Bertz CT molecular complexity index is 350. The first-order valence-corrected chi connectivity index (χ1v) is 6.93. The quantitative estimate of drug-likeness (QED) is 0.542. The molecule has 0 heterocycles. The summed E-state index contributed by atoms with van der Waals surface area (Å²) >= 11 is 0. The topological polar surface area (TPSA) is 92.7 Å². The van der Waals surface area contributed by atoms with Gasteiger partial charge in [0.05, 0.1) is 0 Å². The maximum atomic E-state index is 11.5. The Balaban J connectivity index is 4.67. The van der Waals surface area contributed by atoms with Gasteiger partial charge in [-0.1, -0.05) is 6.92 Å². The first-order valence-electron chi connectivity index (χ1n) is 4.68. The number of amides is 1. The van der Waals surface area contributed by atoms with E-state index in [0.717, 1.165) is 0 Å². The molecular formula is C9H16NO5P. The molecule has 1 atom stereocenters. The van der Waals surface area contributed by atoms with E-state index < -0.39 is 19.2 Å². The predicted molar refractivity (Wildman–Crippen MR) is 59.6 cm³/mol. The van der Waals surface area contributed by atoms with Gasteiger partial charge in [-0.05, 0) is 6.08 Å². The molecule has 16 heavy (non-hydrogen) atoms. The van der Waals surface area contributed by atoms with Crippen molar-refractivity contribution in [3.05, 3.63) is 11.8 Å². The lowest BCUT2D eigenvalue weighted by Gasteiger charge is -2.09. The van der Waals surface area contributed by atoms with E-state index in [1.807, 2.05) is 0 Å². The third-order valence-electron chi connectivity index (χ3n) is 1.84. The third-order valence-corrected chi connectivity index (χ3v) is 3.46. The summed E-state index contributed by atoms with van der Waals surface area (Å²) in [6, 6.07) is 0. The van der Waals surface area contributed by atoms with Crippen LogP contribution in [0.4, 0.5) is 0 Å². The van der Waals surface area contributed by atoms with Gasteiger partial charge >= 0.3 is 5.97 Å². The summed E-state index contributed by atoms with van der Waals surface area (Å²) in [5, 5.41) is 11.0. The number of carboxylic acid groups (broad SMARTS) is 1.